The quantitative estimate of drug-likeness (QED) is 0.841. The SMILES string of the molecule is CCCC1CCc2[nH]c(=O)c(C(=O)O)cc2C1. The number of carboxylic acid groups (broad SMARTS) is 1. The molecule has 2 N–H and O–H groups in total. The third-order valence-electron chi connectivity index (χ3n) is 3.45. The number of pyridine rings is 1. The van der Waals surface area contributed by atoms with Crippen LogP contribution in [-0.2, 0) is 12.8 Å². The molecule has 1 unspecified atom stereocenters. The van der Waals surface area contributed by atoms with E-state index in [0.717, 1.165) is 36.9 Å². The van der Waals surface area contributed by atoms with Crippen molar-refractivity contribution in [2.24, 2.45) is 5.92 Å². The van der Waals surface area contributed by atoms with Crippen LogP contribution in [0.5, 0.6) is 0 Å². The molecular formula is C13H17NO3. The number of rotatable bonds is 3. The fraction of sp³-hybridized carbons (Fsp3) is 0.538. The van der Waals surface area contributed by atoms with Crippen molar-refractivity contribution in [3.05, 3.63) is 33.2 Å². The highest BCUT2D eigenvalue weighted by atomic mass is 16.4. The van der Waals surface area contributed by atoms with Gasteiger partial charge in [-0.05, 0) is 36.8 Å². The fourth-order valence-corrected chi connectivity index (χ4v) is 2.59. The van der Waals surface area contributed by atoms with Crippen LogP contribution in [0.2, 0.25) is 0 Å². The van der Waals surface area contributed by atoms with Crippen LogP contribution in [0.25, 0.3) is 0 Å². The van der Waals surface area contributed by atoms with Gasteiger partial charge in [0.15, 0.2) is 0 Å². The van der Waals surface area contributed by atoms with Gasteiger partial charge in [0.25, 0.3) is 5.56 Å². The number of carbonyl (C=O) groups is 1. The minimum Gasteiger partial charge on any atom is -0.477 e. The molecule has 0 aliphatic heterocycles. The number of H-pyrrole nitrogens is 1. The Morgan fingerprint density at radius 3 is 3.00 bits per heavy atom. The molecule has 4 heteroatoms. The van der Waals surface area contributed by atoms with Crippen molar-refractivity contribution in [1.29, 1.82) is 0 Å². The number of aromatic carboxylic acids is 1. The Kier molecular flexibility index (Phi) is 3.31. The molecule has 1 aliphatic rings. The van der Waals surface area contributed by atoms with Crippen molar-refractivity contribution < 1.29 is 9.90 Å². The van der Waals surface area contributed by atoms with Crippen molar-refractivity contribution in [2.45, 2.75) is 39.0 Å². The molecular weight excluding hydrogens is 218 g/mol. The lowest BCUT2D eigenvalue weighted by Gasteiger charge is -2.24. The van der Waals surface area contributed by atoms with Gasteiger partial charge in [0.05, 0.1) is 0 Å². The van der Waals surface area contributed by atoms with Crippen LogP contribution in [0.3, 0.4) is 0 Å². The molecule has 0 spiro atoms. The number of carboxylic acids is 1. The minimum atomic E-state index is -1.15. The summed E-state index contributed by atoms with van der Waals surface area (Å²) in [7, 11) is 0. The minimum absolute atomic E-state index is 0.138. The van der Waals surface area contributed by atoms with E-state index in [0.29, 0.717) is 5.92 Å². The van der Waals surface area contributed by atoms with Crippen molar-refractivity contribution in [1.82, 2.24) is 4.98 Å². The van der Waals surface area contributed by atoms with Gasteiger partial charge >= 0.3 is 5.97 Å². The summed E-state index contributed by atoms with van der Waals surface area (Å²) in [5.41, 5.74) is 1.31. The molecule has 0 saturated heterocycles. The highest BCUT2D eigenvalue weighted by Crippen LogP contribution is 2.26. The van der Waals surface area contributed by atoms with Crippen LogP contribution in [-0.4, -0.2) is 16.1 Å². The van der Waals surface area contributed by atoms with E-state index in [4.69, 9.17) is 5.11 Å². The van der Waals surface area contributed by atoms with Crippen molar-refractivity contribution in [3.63, 3.8) is 0 Å². The van der Waals surface area contributed by atoms with Crippen molar-refractivity contribution in [2.75, 3.05) is 0 Å². The van der Waals surface area contributed by atoms with Crippen LogP contribution < -0.4 is 5.56 Å². The maximum Gasteiger partial charge on any atom is 0.341 e. The number of hydrogen-bond donors (Lipinski definition) is 2. The van der Waals surface area contributed by atoms with Gasteiger partial charge in [0.1, 0.15) is 5.56 Å². The molecule has 0 fully saturated rings. The summed E-state index contributed by atoms with van der Waals surface area (Å²) < 4.78 is 0. The first-order chi connectivity index (χ1) is 8.11. The van der Waals surface area contributed by atoms with Crippen LogP contribution in [0.1, 0.15) is 47.8 Å². The van der Waals surface area contributed by atoms with E-state index in [1.165, 1.54) is 6.42 Å². The summed E-state index contributed by atoms with van der Waals surface area (Å²) >= 11 is 0. The van der Waals surface area contributed by atoms with Crippen LogP contribution in [0.4, 0.5) is 0 Å². The van der Waals surface area contributed by atoms with E-state index < -0.39 is 11.5 Å². The molecule has 92 valence electrons. The van der Waals surface area contributed by atoms with Gasteiger partial charge in [0, 0.05) is 5.69 Å². The lowest BCUT2D eigenvalue weighted by molar-refractivity contribution is 0.0694. The molecule has 1 aliphatic carbocycles. The normalized spacial score (nSPS) is 18.8. The van der Waals surface area contributed by atoms with Crippen LogP contribution in [0.15, 0.2) is 10.9 Å². The van der Waals surface area contributed by atoms with Gasteiger partial charge in [-0.2, -0.15) is 0 Å². The highest BCUT2D eigenvalue weighted by molar-refractivity contribution is 5.87. The van der Waals surface area contributed by atoms with Crippen LogP contribution >= 0.6 is 0 Å². The van der Waals surface area contributed by atoms with Gasteiger partial charge in [0.2, 0.25) is 0 Å². The molecule has 1 aromatic rings. The Hall–Kier alpha value is -1.58. The second-order valence-corrected chi connectivity index (χ2v) is 4.72. The fourth-order valence-electron chi connectivity index (χ4n) is 2.59. The van der Waals surface area contributed by atoms with Crippen molar-refractivity contribution >= 4 is 5.97 Å². The van der Waals surface area contributed by atoms with Gasteiger partial charge in [-0.1, -0.05) is 19.8 Å². The predicted molar refractivity (Wildman–Crippen MR) is 64.4 cm³/mol. The smallest absolute Gasteiger partial charge is 0.341 e. The molecule has 4 nitrogen and oxygen atoms in total. The lowest BCUT2D eigenvalue weighted by atomic mass is 9.83. The van der Waals surface area contributed by atoms with E-state index in [1.54, 1.807) is 6.07 Å². The monoisotopic (exact) mass is 235 g/mol. The molecule has 2 rings (SSSR count). The summed E-state index contributed by atoms with van der Waals surface area (Å²) in [5, 5.41) is 8.92. The first-order valence-electron chi connectivity index (χ1n) is 6.10. The molecule has 1 aromatic heterocycles. The topological polar surface area (TPSA) is 70.2 Å². The van der Waals surface area contributed by atoms with Crippen LogP contribution in [0, 0.1) is 5.92 Å². The van der Waals surface area contributed by atoms with E-state index in [-0.39, 0.29) is 5.56 Å². The maximum atomic E-state index is 11.5. The second kappa shape index (κ2) is 4.73. The van der Waals surface area contributed by atoms with E-state index in [9.17, 15) is 9.59 Å². The summed E-state index contributed by atoms with van der Waals surface area (Å²) in [4.78, 5) is 25.1. The van der Waals surface area contributed by atoms with E-state index in [2.05, 4.69) is 11.9 Å². The van der Waals surface area contributed by atoms with E-state index in [1.807, 2.05) is 0 Å². The van der Waals surface area contributed by atoms with Crippen molar-refractivity contribution in [3.8, 4) is 0 Å². The summed E-state index contributed by atoms with van der Waals surface area (Å²) in [6, 6.07) is 1.55. The average Bonchev–Trinajstić information content (AvgIpc) is 2.28. The van der Waals surface area contributed by atoms with Gasteiger partial charge in [-0.15, -0.1) is 0 Å². The number of nitrogens with one attached hydrogen (secondary N) is 1. The Morgan fingerprint density at radius 2 is 2.35 bits per heavy atom. The largest absolute Gasteiger partial charge is 0.477 e. The molecule has 1 heterocycles. The zero-order valence-corrected chi connectivity index (χ0v) is 9.95. The number of aryl methyl sites for hydroxylation is 1. The average molecular weight is 235 g/mol. The van der Waals surface area contributed by atoms with Gasteiger partial charge < -0.3 is 10.1 Å². The lowest BCUT2D eigenvalue weighted by Crippen LogP contribution is -2.24. The highest BCUT2D eigenvalue weighted by Gasteiger charge is 2.21. The predicted octanol–water partition coefficient (Wildman–Crippen LogP) is 1.98. The maximum absolute atomic E-state index is 11.5. The van der Waals surface area contributed by atoms with E-state index >= 15 is 0 Å². The molecule has 0 aromatic carbocycles. The number of aromatic amines is 1. The number of hydrogen-bond acceptors (Lipinski definition) is 2. The molecule has 17 heavy (non-hydrogen) atoms. The third kappa shape index (κ3) is 2.40. The third-order valence-corrected chi connectivity index (χ3v) is 3.45. The zero-order chi connectivity index (χ0) is 12.4. The summed E-state index contributed by atoms with van der Waals surface area (Å²) in [5.74, 6) is -0.522. The molecule has 0 saturated carbocycles. The summed E-state index contributed by atoms with van der Waals surface area (Å²) in [6.07, 6.45) is 5.15. The first kappa shape index (κ1) is 11.9. The number of fused-ring (bicyclic) bond motifs is 1. The first-order valence-corrected chi connectivity index (χ1v) is 6.10. The summed E-state index contributed by atoms with van der Waals surface area (Å²) in [6.45, 7) is 2.16. The second-order valence-electron chi connectivity index (χ2n) is 4.72. The number of aromatic nitrogens is 1. The zero-order valence-electron chi connectivity index (χ0n) is 9.95. The molecule has 0 amide bonds. The Labute approximate surface area is 99.7 Å². The molecule has 1 atom stereocenters. The standard InChI is InChI=1S/C13H17NO3/c1-2-3-8-4-5-11-9(6-8)7-10(13(16)17)12(15)14-11/h7-8H,2-6H2,1H3,(H,14,15)(H,16,17). The molecule has 0 radical (unpaired) electrons. The Morgan fingerprint density at radius 1 is 1.59 bits per heavy atom. The molecule has 0 bridgehead atoms. The van der Waals surface area contributed by atoms with Gasteiger partial charge in [-0.3, -0.25) is 4.79 Å². The Balaban J connectivity index is 2.33. The van der Waals surface area contributed by atoms with Gasteiger partial charge in [-0.25, -0.2) is 4.79 Å². The Bertz CT molecular complexity index is 490.